The topological polar surface area (TPSA) is 83.4 Å². The first-order valence-corrected chi connectivity index (χ1v) is 7.65. The van der Waals surface area contributed by atoms with Crippen molar-refractivity contribution in [3.8, 4) is 11.1 Å². The molecule has 0 aliphatic carbocycles. The van der Waals surface area contributed by atoms with Crippen molar-refractivity contribution in [3.05, 3.63) is 77.9 Å². The van der Waals surface area contributed by atoms with Gasteiger partial charge >= 0.3 is 11.9 Å². The van der Waals surface area contributed by atoms with E-state index in [1.165, 1.54) is 0 Å². The fourth-order valence-electron chi connectivity index (χ4n) is 2.72. The smallest absolute Gasteiger partial charge is 0.335 e. The Morgan fingerprint density at radius 3 is 2.15 bits per heavy atom. The Balaban J connectivity index is 0.00000243. The molecule has 0 fully saturated rings. The molecular weight excluding hydrogens is 400 g/mol. The number of hydrogen-bond acceptors (Lipinski definition) is 2. The largest absolute Gasteiger partial charge is 1.00 e. The number of hydrogen-bond donors (Lipinski definition) is 2. The Labute approximate surface area is 160 Å². The molecule has 0 unspecified atom stereocenters. The molecule has 6 nitrogen and oxygen atoms in total. The van der Waals surface area contributed by atoms with E-state index < -0.39 is 11.9 Å². The number of aryl methyl sites for hydroxylation is 1. The molecule has 0 aliphatic heterocycles. The molecule has 2 N–H and O–H groups in total. The lowest BCUT2D eigenvalue weighted by molar-refractivity contribution is -0.671. The molecule has 0 amide bonds. The molecule has 0 saturated carbocycles. The van der Waals surface area contributed by atoms with E-state index in [4.69, 9.17) is 5.11 Å². The number of nitrogens with zero attached hydrogens (tertiary/aromatic N) is 2. The standard InChI is InChI=1S/C19H16N2O4.BrH/c1-20-8-9-21(12-20)11-16-10-15(19(24)25)6-7-17(16)13-2-4-14(5-3-13)18(22)23;/h2-10,12H,11H2,1H3,(H-,22,23,24,25);1H. The lowest BCUT2D eigenvalue weighted by Gasteiger charge is -2.10. The van der Waals surface area contributed by atoms with E-state index in [0.717, 1.165) is 16.7 Å². The van der Waals surface area contributed by atoms with Crippen molar-refractivity contribution in [2.24, 2.45) is 7.05 Å². The van der Waals surface area contributed by atoms with Gasteiger partial charge < -0.3 is 27.2 Å². The van der Waals surface area contributed by atoms with Crippen molar-refractivity contribution in [2.45, 2.75) is 6.54 Å². The number of benzene rings is 2. The zero-order valence-electron chi connectivity index (χ0n) is 14.0. The average Bonchev–Trinajstić information content (AvgIpc) is 2.99. The minimum absolute atomic E-state index is 0. The van der Waals surface area contributed by atoms with Crippen LogP contribution in [0.3, 0.4) is 0 Å². The van der Waals surface area contributed by atoms with E-state index in [-0.39, 0.29) is 28.1 Å². The van der Waals surface area contributed by atoms with Gasteiger partial charge in [0.1, 0.15) is 18.9 Å². The first-order valence-electron chi connectivity index (χ1n) is 7.65. The highest BCUT2D eigenvalue weighted by molar-refractivity contribution is 5.90. The summed E-state index contributed by atoms with van der Waals surface area (Å²) >= 11 is 0. The third-order valence-corrected chi connectivity index (χ3v) is 3.97. The Bertz CT molecular complexity index is 948. The molecule has 0 saturated heterocycles. The number of carbonyl (C=O) groups is 2. The molecule has 26 heavy (non-hydrogen) atoms. The number of carboxylic acid groups (broad SMARTS) is 2. The van der Waals surface area contributed by atoms with E-state index in [0.29, 0.717) is 6.54 Å². The lowest BCUT2D eigenvalue weighted by atomic mass is 9.96. The van der Waals surface area contributed by atoms with Crippen molar-refractivity contribution < 1.29 is 41.4 Å². The summed E-state index contributed by atoms with van der Waals surface area (Å²) < 4.78 is 3.86. The van der Waals surface area contributed by atoms with Crippen LogP contribution in [0.5, 0.6) is 0 Å². The van der Waals surface area contributed by atoms with E-state index in [1.807, 2.05) is 34.9 Å². The molecule has 7 heteroatoms. The minimum atomic E-state index is -0.980. The Kier molecular flexibility index (Phi) is 5.94. The van der Waals surface area contributed by atoms with Gasteiger partial charge in [0.05, 0.1) is 18.2 Å². The molecule has 2 aromatic carbocycles. The summed E-state index contributed by atoms with van der Waals surface area (Å²) in [6, 6.07) is 11.5. The third-order valence-electron chi connectivity index (χ3n) is 3.97. The average molecular weight is 417 g/mol. The van der Waals surface area contributed by atoms with Crippen molar-refractivity contribution >= 4 is 11.9 Å². The molecule has 0 spiro atoms. The van der Waals surface area contributed by atoms with E-state index in [9.17, 15) is 14.7 Å². The fraction of sp³-hybridized carbons (Fsp3) is 0.105. The van der Waals surface area contributed by atoms with Gasteiger partial charge in [0.15, 0.2) is 0 Å². The second-order valence-electron chi connectivity index (χ2n) is 5.81. The highest BCUT2D eigenvalue weighted by Gasteiger charge is 2.13. The van der Waals surface area contributed by atoms with Crippen LogP contribution in [0.25, 0.3) is 11.1 Å². The second-order valence-corrected chi connectivity index (χ2v) is 5.81. The third kappa shape index (κ3) is 4.18. The summed E-state index contributed by atoms with van der Waals surface area (Å²) in [4.78, 5) is 22.3. The number of imidazole rings is 1. The van der Waals surface area contributed by atoms with Crippen LogP contribution in [0.1, 0.15) is 26.3 Å². The summed E-state index contributed by atoms with van der Waals surface area (Å²) in [5.41, 5.74) is 2.99. The molecular formula is C19H17BrN2O4. The summed E-state index contributed by atoms with van der Waals surface area (Å²) in [5, 5.41) is 18.3. The van der Waals surface area contributed by atoms with Crippen LogP contribution in [0.4, 0.5) is 0 Å². The van der Waals surface area contributed by atoms with Crippen LogP contribution >= 0.6 is 0 Å². The second kappa shape index (κ2) is 7.97. The minimum Gasteiger partial charge on any atom is -1.00 e. The molecule has 1 aromatic heterocycles. The molecule has 0 atom stereocenters. The summed E-state index contributed by atoms with van der Waals surface area (Å²) in [5.74, 6) is -1.96. The molecule has 3 rings (SSSR count). The number of rotatable bonds is 5. The first kappa shape index (κ1) is 19.4. The summed E-state index contributed by atoms with van der Waals surface area (Å²) in [6.45, 7) is 0.512. The van der Waals surface area contributed by atoms with Gasteiger partial charge in [-0.1, -0.05) is 18.2 Å². The van der Waals surface area contributed by atoms with Gasteiger partial charge in [-0.2, -0.15) is 0 Å². The number of aromatic nitrogens is 2. The maximum absolute atomic E-state index is 11.3. The number of carboxylic acids is 2. The van der Waals surface area contributed by atoms with Gasteiger partial charge in [-0.15, -0.1) is 0 Å². The van der Waals surface area contributed by atoms with Crippen LogP contribution in [-0.2, 0) is 13.6 Å². The SMILES string of the molecule is C[n+]1ccn(Cc2cc(C(=O)O)ccc2-c2ccc(C(=O)O)cc2)c1.[Br-]. The molecule has 3 aromatic rings. The maximum Gasteiger partial charge on any atom is 0.335 e. The fourth-order valence-corrected chi connectivity index (χ4v) is 2.72. The van der Waals surface area contributed by atoms with E-state index >= 15 is 0 Å². The van der Waals surface area contributed by atoms with Gasteiger partial charge in [-0.25, -0.2) is 18.7 Å². The Morgan fingerprint density at radius 2 is 1.62 bits per heavy atom. The molecule has 0 radical (unpaired) electrons. The summed E-state index contributed by atoms with van der Waals surface area (Å²) in [7, 11) is 1.91. The van der Waals surface area contributed by atoms with Gasteiger partial charge in [0.2, 0.25) is 6.33 Å². The van der Waals surface area contributed by atoms with Crippen LogP contribution in [0.2, 0.25) is 0 Å². The molecule has 1 heterocycles. The van der Waals surface area contributed by atoms with Crippen LogP contribution < -0.4 is 21.5 Å². The lowest BCUT2D eigenvalue weighted by Crippen LogP contribution is -3.00. The number of aromatic carboxylic acids is 2. The highest BCUT2D eigenvalue weighted by Crippen LogP contribution is 2.26. The van der Waals surface area contributed by atoms with E-state index in [1.54, 1.807) is 42.5 Å². The summed E-state index contributed by atoms with van der Waals surface area (Å²) in [6.07, 6.45) is 5.72. The monoisotopic (exact) mass is 416 g/mol. The predicted octanol–water partition coefficient (Wildman–Crippen LogP) is -0.572. The Hall–Kier alpha value is -2.93. The predicted molar refractivity (Wildman–Crippen MR) is 90.5 cm³/mol. The van der Waals surface area contributed by atoms with Gasteiger partial charge in [0, 0.05) is 5.56 Å². The van der Waals surface area contributed by atoms with E-state index in [2.05, 4.69) is 0 Å². The molecule has 134 valence electrons. The quantitative estimate of drug-likeness (QED) is 0.545. The Morgan fingerprint density at radius 1 is 1.00 bits per heavy atom. The first-order chi connectivity index (χ1) is 11.9. The van der Waals surface area contributed by atoms with Gasteiger partial charge in [-0.05, 0) is 35.4 Å². The van der Waals surface area contributed by atoms with Crippen molar-refractivity contribution in [1.82, 2.24) is 4.57 Å². The number of halogens is 1. The molecule has 0 aliphatic rings. The highest BCUT2D eigenvalue weighted by atomic mass is 79.9. The zero-order valence-corrected chi connectivity index (χ0v) is 15.5. The van der Waals surface area contributed by atoms with Crippen molar-refractivity contribution in [3.63, 3.8) is 0 Å². The maximum atomic E-state index is 11.3. The van der Waals surface area contributed by atoms with Crippen LogP contribution in [0, 0.1) is 0 Å². The normalized spacial score (nSPS) is 10.2. The van der Waals surface area contributed by atoms with Crippen LogP contribution in [-0.4, -0.2) is 26.7 Å². The van der Waals surface area contributed by atoms with Gasteiger partial charge in [0.25, 0.3) is 0 Å². The molecule has 0 bridgehead atoms. The van der Waals surface area contributed by atoms with Crippen LogP contribution in [0.15, 0.2) is 61.2 Å². The van der Waals surface area contributed by atoms with Gasteiger partial charge in [-0.3, -0.25) is 0 Å². The zero-order chi connectivity index (χ0) is 18.0. The van der Waals surface area contributed by atoms with Crippen molar-refractivity contribution in [2.75, 3.05) is 0 Å². The van der Waals surface area contributed by atoms with Crippen molar-refractivity contribution in [1.29, 1.82) is 0 Å².